The lowest BCUT2D eigenvalue weighted by Gasteiger charge is -2.38. The molecule has 1 spiro atoms. The highest BCUT2D eigenvalue weighted by Gasteiger charge is 2.50. The lowest BCUT2D eigenvalue weighted by atomic mass is 9.69. The number of hydrogen-bond acceptors (Lipinski definition) is 4. The number of phenols is 1. The van der Waals surface area contributed by atoms with Crippen LogP contribution in [0.2, 0.25) is 0 Å². The topological polar surface area (TPSA) is 86.6 Å². The minimum atomic E-state index is -0.943. The van der Waals surface area contributed by atoms with Crippen molar-refractivity contribution in [2.24, 2.45) is 5.41 Å². The van der Waals surface area contributed by atoms with E-state index >= 15 is 0 Å². The highest BCUT2D eigenvalue weighted by atomic mass is 16.4. The molecule has 5 heteroatoms. The van der Waals surface area contributed by atoms with Gasteiger partial charge in [-0.2, -0.15) is 0 Å². The number of rotatable bonds is 5. The number of hydrogen-bond donors (Lipinski definition) is 3. The van der Waals surface area contributed by atoms with Crippen LogP contribution in [0.3, 0.4) is 0 Å². The predicted octanol–water partition coefficient (Wildman–Crippen LogP) is 2.00. The van der Waals surface area contributed by atoms with E-state index in [4.69, 9.17) is 0 Å². The summed E-state index contributed by atoms with van der Waals surface area (Å²) in [6.45, 7) is 0. The quantitative estimate of drug-likeness (QED) is 0.774. The molecule has 1 aromatic rings. The largest absolute Gasteiger partial charge is 0.508 e. The van der Waals surface area contributed by atoms with Crippen molar-refractivity contribution in [1.29, 1.82) is 0 Å². The average molecular weight is 301 g/mol. The summed E-state index contributed by atoms with van der Waals surface area (Å²) in [4.78, 5) is 23.4. The Hall–Kier alpha value is -2.30. The van der Waals surface area contributed by atoms with Gasteiger partial charge in [0.25, 0.3) is 0 Å². The van der Waals surface area contributed by atoms with Crippen molar-refractivity contribution in [1.82, 2.24) is 5.32 Å². The number of benzene rings is 1. The van der Waals surface area contributed by atoms with E-state index in [9.17, 15) is 19.8 Å². The number of ketones is 1. The normalized spacial score (nSPS) is 20.4. The average Bonchev–Trinajstić information content (AvgIpc) is 3.00. The first-order chi connectivity index (χ1) is 10.5. The van der Waals surface area contributed by atoms with Crippen molar-refractivity contribution in [3.8, 4) is 5.75 Å². The third-order valence-corrected chi connectivity index (χ3v) is 4.72. The zero-order valence-corrected chi connectivity index (χ0v) is 12.2. The number of allylic oxidation sites excluding steroid dienone is 2. The molecule has 1 aromatic carbocycles. The maximum atomic E-state index is 11.9. The zero-order valence-electron chi connectivity index (χ0n) is 12.2. The predicted molar refractivity (Wildman–Crippen MR) is 80.4 cm³/mol. The first-order valence-corrected chi connectivity index (χ1v) is 7.55. The molecule has 0 saturated heterocycles. The number of carboxylic acids is 1. The van der Waals surface area contributed by atoms with Crippen LogP contribution in [0.15, 0.2) is 36.0 Å². The summed E-state index contributed by atoms with van der Waals surface area (Å²) in [5.41, 5.74) is 1.16. The molecule has 1 atom stereocenters. The minimum Gasteiger partial charge on any atom is -0.508 e. The van der Waals surface area contributed by atoms with Gasteiger partial charge in [0, 0.05) is 18.2 Å². The first kappa shape index (κ1) is 14.6. The summed E-state index contributed by atoms with van der Waals surface area (Å²) >= 11 is 0. The summed E-state index contributed by atoms with van der Waals surface area (Å²) in [5, 5.41) is 21.8. The molecule has 1 saturated carbocycles. The number of aliphatic carboxylic acids is 1. The van der Waals surface area contributed by atoms with Crippen molar-refractivity contribution >= 4 is 11.8 Å². The number of carbonyl (C=O) groups is 2. The number of nitrogens with one attached hydrogen (secondary N) is 1. The molecule has 0 aliphatic heterocycles. The van der Waals surface area contributed by atoms with Crippen LogP contribution in [0.4, 0.5) is 0 Å². The molecule has 0 amide bonds. The number of phenolic OH excluding ortho intramolecular Hbond substituents is 1. The van der Waals surface area contributed by atoms with E-state index in [-0.39, 0.29) is 11.5 Å². The first-order valence-electron chi connectivity index (χ1n) is 7.55. The Morgan fingerprint density at radius 3 is 2.41 bits per heavy atom. The van der Waals surface area contributed by atoms with Crippen LogP contribution < -0.4 is 5.32 Å². The van der Waals surface area contributed by atoms with E-state index in [0.717, 1.165) is 36.9 Å². The molecule has 0 heterocycles. The minimum absolute atomic E-state index is 0.126. The van der Waals surface area contributed by atoms with Crippen LogP contribution in [0.5, 0.6) is 5.75 Å². The molecule has 2 aliphatic carbocycles. The Kier molecular flexibility index (Phi) is 3.64. The van der Waals surface area contributed by atoms with E-state index in [1.54, 1.807) is 24.3 Å². The van der Waals surface area contributed by atoms with E-state index in [2.05, 4.69) is 5.32 Å². The van der Waals surface area contributed by atoms with Gasteiger partial charge in [-0.25, -0.2) is 4.79 Å². The zero-order chi connectivity index (χ0) is 15.7. The lowest BCUT2D eigenvalue weighted by molar-refractivity contribution is -0.139. The van der Waals surface area contributed by atoms with Crippen LogP contribution in [0.1, 0.15) is 31.2 Å². The number of carbonyl (C=O) groups excluding carboxylic acids is 1. The van der Waals surface area contributed by atoms with Crippen LogP contribution in [-0.4, -0.2) is 28.0 Å². The highest BCUT2D eigenvalue weighted by Crippen LogP contribution is 2.49. The standard InChI is InChI=1S/C17H19NO4/c19-12-5-3-11(4-6-12)9-13(16(21)22)18-14-10-15(20)17(14)7-1-2-8-17/h3-6,10,13,18-19H,1-2,7-9H2,(H,21,22)/t13-/m0/s1. The molecule has 3 rings (SSSR count). The third-order valence-electron chi connectivity index (χ3n) is 4.72. The fourth-order valence-electron chi connectivity index (χ4n) is 3.39. The van der Waals surface area contributed by atoms with Gasteiger partial charge >= 0.3 is 5.97 Å². The molecule has 22 heavy (non-hydrogen) atoms. The second kappa shape index (κ2) is 5.48. The van der Waals surface area contributed by atoms with Crippen molar-refractivity contribution in [3.05, 3.63) is 41.6 Å². The van der Waals surface area contributed by atoms with Gasteiger partial charge < -0.3 is 15.5 Å². The SMILES string of the molecule is O=C(O)[C@H](Cc1ccc(O)cc1)NC1=CC(=O)C12CCCC2. The van der Waals surface area contributed by atoms with Crippen LogP contribution in [-0.2, 0) is 16.0 Å². The Bertz CT molecular complexity index is 627. The Balaban J connectivity index is 1.73. The molecule has 2 aliphatic rings. The fourth-order valence-corrected chi connectivity index (χ4v) is 3.39. The summed E-state index contributed by atoms with van der Waals surface area (Å²) < 4.78 is 0. The molecule has 3 N–H and O–H groups in total. The monoisotopic (exact) mass is 301 g/mol. The molecule has 0 bridgehead atoms. The summed E-state index contributed by atoms with van der Waals surface area (Å²) in [6.07, 6.45) is 5.50. The molecule has 5 nitrogen and oxygen atoms in total. The maximum absolute atomic E-state index is 11.9. The van der Waals surface area contributed by atoms with Crippen molar-refractivity contribution in [2.75, 3.05) is 0 Å². The van der Waals surface area contributed by atoms with Gasteiger partial charge in [0.2, 0.25) is 0 Å². The van der Waals surface area contributed by atoms with E-state index < -0.39 is 17.4 Å². The number of carboxylic acid groups (broad SMARTS) is 1. The molecule has 1 fully saturated rings. The summed E-state index contributed by atoms with van der Waals surface area (Å²) in [6, 6.07) is 5.72. The smallest absolute Gasteiger partial charge is 0.326 e. The Morgan fingerprint density at radius 1 is 1.23 bits per heavy atom. The number of aromatic hydroxyl groups is 1. The molecule has 0 unspecified atom stereocenters. The van der Waals surface area contributed by atoms with Crippen LogP contribution in [0, 0.1) is 5.41 Å². The second-order valence-corrected chi connectivity index (χ2v) is 6.12. The van der Waals surface area contributed by atoms with E-state index in [0.29, 0.717) is 6.42 Å². The third kappa shape index (κ3) is 2.47. The van der Waals surface area contributed by atoms with E-state index in [1.807, 2.05) is 0 Å². The molecule has 0 aromatic heterocycles. The maximum Gasteiger partial charge on any atom is 0.326 e. The Morgan fingerprint density at radius 2 is 1.86 bits per heavy atom. The van der Waals surface area contributed by atoms with E-state index in [1.165, 1.54) is 6.08 Å². The summed E-state index contributed by atoms with van der Waals surface area (Å²) in [7, 11) is 0. The van der Waals surface area contributed by atoms with Crippen LogP contribution in [0.25, 0.3) is 0 Å². The van der Waals surface area contributed by atoms with Gasteiger partial charge in [0.15, 0.2) is 5.78 Å². The van der Waals surface area contributed by atoms with Crippen LogP contribution >= 0.6 is 0 Å². The fraction of sp³-hybridized carbons (Fsp3) is 0.412. The van der Waals surface area contributed by atoms with Crippen molar-refractivity contribution < 1.29 is 19.8 Å². The summed E-state index contributed by atoms with van der Waals surface area (Å²) in [5.74, 6) is -0.663. The molecular weight excluding hydrogens is 282 g/mol. The highest BCUT2D eigenvalue weighted by molar-refractivity contribution is 6.05. The Labute approximate surface area is 128 Å². The molecule has 116 valence electrons. The van der Waals surface area contributed by atoms with Crippen molar-refractivity contribution in [2.45, 2.75) is 38.1 Å². The van der Waals surface area contributed by atoms with Gasteiger partial charge in [-0.3, -0.25) is 4.79 Å². The van der Waals surface area contributed by atoms with Gasteiger partial charge in [0.05, 0.1) is 5.41 Å². The van der Waals surface area contributed by atoms with Gasteiger partial charge in [0.1, 0.15) is 11.8 Å². The molecule has 0 radical (unpaired) electrons. The van der Waals surface area contributed by atoms with Gasteiger partial charge in [-0.15, -0.1) is 0 Å². The second-order valence-electron chi connectivity index (χ2n) is 6.12. The van der Waals surface area contributed by atoms with Gasteiger partial charge in [-0.1, -0.05) is 25.0 Å². The molecular formula is C17H19NO4. The lowest BCUT2D eigenvalue weighted by Crippen LogP contribution is -2.49. The van der Waals surface area contributed by atoms with Gasteiger partial charge in [-0.05, 0) is 30.5 Å². The van der Waals surface area contributed by atoms with Crippen molar-refractivity contribution in [3.63, 3.8) is 0 Å².